The van der Waals surface area contributed by atoms with Gasteiger partial charge in [-0.1, -0.05) is 20.8 Å². The summed E-state index contributed by atoms with van der Waals surface area (Å²) in [6.45, 7) is 10.2. The standard InChI is InChI=1S/C10H22N2O/c1-6-9(7(2)3)12-10(13)11-8(4)5/h7-9H,6H2,1-5H3,(H2,11,12,13). The monoisotopic (exact) mass is 186 g/mol. The lowest BCUT2D eigenvalue weighted by molar-refractivity contribution is 0.230. The predicted molar refractivity (Wildman–Crippen MR) is 55.7 cm³/mol. The number of carbonyl (C=O) groups is 1. The van der Waals surface area contributed by atoms with E-state index in [1.54, 1.807) is 0 Å². The van der Waals surface area contributed by atoms with Crippen LogP contribution in [-0.4, -0.2) is 18.1 Å². The predicted octanol–water partition coefficient (Wildman–Crippen LogP) is 2.13. The molecular formula is C10H22N2O. The molecule has 78 valence electrons. The SMILES string of the molecule is CCC(NC(=O)NC(C)C)C(C)C. The number of nitrogens with one attached hydrogen (secondary N) is 2. The van der Waals surface area contributed by atoms with Crippen molar-refractivity contribution < 1.29 is 4.79 Å². The lowest BCUT2D eigenvalue weighted by Gasteiger charge is -2.21. The molecule has 0 radical (unpaired) electrons. The molecule has 0 saturated heterocycles. The van der Waals surface area contributed by atoms with Gasteiger partial charge in [-0.2, -0.15) is 0 Å². The average molecular weight is 186 g/mol. The first-order valence-corrected chi connectivity index (χ1v) is 5.04. The third-order valence-corrected chi connectivity index (χ3v) is 1.98. The molecule has 0 bridgehead atoms. The van der Waals surface area contributed by atoms with Crippen molar-refractivity contribution in [3.8, 4) is 0 Å². The van der Waals surface area contributed by atoms with E-state index in [0.29, 0.717) is 5.92 Å². The fourth-order valence-corrected chi connectivity index (χ4v) is 1.21. The molecule has 1 unspecified atom stereocenters. The second-order valence-electron chi connectivity index (χ2n) is 4.03. The summed E-state index contributed by atoms with van der Waals surface area (Å²) in [7, 11) is 0. The van der Waals surface area contributed by atoms with E-state index < -0.39 is 0 Å². The number of hydrogen-bond donors (Lipinski definition) is 2. The van der Waals surface area contributed by atoms with Gasteiger partial charge in [-0.15, -0.1) is 0 Å². The highest BCUT2D eigenvalue weighted by molar-refractivity contribution is 5.74. The van der Waals surface area contributed by atoms with Gasteiger partial charge in [0.05, 0.1) is 0 Å². The van der Waals surface area contributed by atoms with Gasteiger partial charge < -0.3 is 10.6 Å². The molecule has 0 aromatic rings. The van der Waals surface area contributed by atoms with Gasteiger partial charge in [0.25, 0.3) is 0 Å². The maximum absolute atomic E-state index is 11.3. The van der Waals surface area contributed by atoms with Crippen molar-refractivity contribution in [2.45, 2.75) is 53.1 Å². The highest BCUT2D eigenvalue weighted by Crippen LogP contribution is 2.04. The summed E-state index contributed by atoms with van der Waals surface area (Å²) in [6, 6.07) is 0.416. The van der Waals surface area contributed by atoms with Crippen molar-refractivity contribution in [1.29, 1.82) is 0 Å². The molecule has 0 aromatic carbocycles. The molecule has 0 aliphatic heterocycles. The van der Waals surface area contributed by atoms with Gasteiger partial charge >= 0.3 is 6.03 Å². The highest BCUT2D eigenvalue weighted by Gasteiger charge is 2.13. The van der Waals surface area contributed by atoms with Gasteiger partial charge in [-0.05, 0) is 26.2 Å². The van der Waals surface area contributed by atoms with Crippen LogP contribution in [0.1, 0.15) is 41.0 Å². The van der Waals surface area contributed by atoms with Crippen LogP contribution in [0.15, 0.2) is 0 Å². The number of urea groups is 1. The van der Waals surface area contributed by atoms with Crippen molar-refractivity contribution in [1.82, 2.24) is 10.6 Å². The summed E-state index contributed by atoms with van der Waals surface area (Å²) >= 11 is 0. The lowest BCUT2D eigenvalue weighted by atomic mass is 10.0. The number of carbonyl (C=O) groups excluding carboxylic acids is 1. The molecule has 0 fully saturated rings. The fraction of sp³-hybridized carbons (Fsp3) is 0.900. The summed E-state index contributed by atoms with van der Waals surface area (Å²) in [5.41, 5.74) is 0. The van der Waals surface area contributed by atoms with Crippen LogP contribution < -0.4 is 10.6 Å². The molecule has 0 rings (SSSR count). The zero-order valence-corrected chi connectivity index (χ0v) is 9.35. The first-order valence-electron chi connectivity index (χ1n) is 5.04. The quantitative estimate of drug-likeness (QED) is 0.694. The molecule has 0 aliphatic carbocycles. The molecule has 3 nitrogen and oxygen atoms in total. The Morgan fingerprint density at radius 3 is 2.00 bits per heavy atom. The van der Waals surface area contributed by atoms with Gasteiger partial charge in [0.15, 0.2) is 0 Å². The minimum Gasteiger partial charge on any atom is -0.336 e. The molecule has 13 heavy (non-hydrogen) atoms. The van der Waals surface area contributed by atoms with Gasteiger partial charge in [-0.25, -0.2) is 4.79 Å². The van der Waals surface area contributed by atoms with E-state index in [1.165, 1.54) is 0 Å². The third kappa shape index (κ3) is 5.50. The normalized spacial score (nSPS) is 13.2. The molecule has 2 amide bonds. The summed E-state index contributed by atoms with van der Waals surface area (Å²) in [4.78, 5) is 11.3. The first kappa shape index (κ1) is 12.3. The molecule has 2 N–H and O–H groups in total. The van der Waals surface area contributed by atoms with E-state index in [9.17, 15) is 4.79 Å². The van der Waals surface area contributed by atoms with Crippen LogP contribution in [0, 0.1) is 5.92 Å². The Bertz CT molecular complexity index is 155. The number of hydrogen-bond acceptors (Lipinski definition) is 1. The van der Waals surface area contributed by atoms with E-state index >= 15 is 0 Å². The molecular weight excluding hydrogens is 164 g/mol. The Balaban J connectivity index is 3.87. The lowest BCUT2D eigenvalue weighted by Crippen LogP contribution is -2.46. The van der Waals surface area contributed by atoms with E-state index in [2.05, 4.69) is 31.4 Å². The van der Waals surface area contributed by atoms with E-state index in [0.717, 1.165) is 6.42 Å². The van der Waals surface area contributed by atoms with Gasteiger partial charge in [0, 0.05) is 12.1 Å². The maximum Gasteiger partial charge on any atom is 0.315 e. The zero-order valence-electron chi connectivity index (χ0n) is 9.35. The van der Waals surface area contributed by atoms with E-state index in [4.69, 9.17) is 0 Å². The summed E-state index contributed by atoms with van der Waals surface area (Å²) in [5, 5.41) is 5.76. The summed E-state index contributed by atoms with van der Waals surface area (Å²) in [5.74, 6) is 0.489. The largest absolute Gasteiger partial charge is 0.336 e. The molecule has 3 heteroatoms. The third-order valence-electron chi connectivity index (χ3n) is 1.98. The van der Waals surface area contributed by atoms with Gasteiger partial charge in [0.2, 0.25) is 0 Å². The second kappa shape index (κ2) is 5.84. The summed E-state index contributed by atoms with van der Waals surface area (Å²) < 4.78 is 0. The van der Waals surface area contributed by atoms with Crippen LogP contribution in [0.3, 0.4) is 0 Å². The first-order chi connectivity index (χ1) is 5.97. The molecule has 0 spiro atoms. The van der Waals surface area contributed by atoms with Gasteiger partial charge in [-0.3, -0.25) is 0 Å². The Morgan fingerprint density at radius 2 is 1.69 bits per heavy atom. The Labute approximate surface area is 81.3 Å². The number of rotatable bonds is 4. The highest BCUT2D eigenvalue weighted by atomic mass is 16.2. The van der Waals surface area contributed by atoms with Crippen molar-refractivity contribution in [3.63, 3.8) is 0 Å². The fourth-order valence-electron chi connectivity index (χ4n) is 1.21. The minimum absolute atomic E-state index is 0.0597. The van der Waals surface area contributed by atoms with E-state index in [1.807, 2.05) is 13.8 Å². The molecule has 0 aliphatic rings. The Kier molecular flexibility index (Phi) is 5.51. The molecule has 0 saturated carbocycles. The Hall–Kier alpha value is -0.730. The molecule has 0 aromatic heterocycles. The van der Waals surface area contributed by atoms with Crippen LogP contribution in [-0.2, 0) is 0 Å². The van der Waals surface area contributed by atoms with Crippen molar-refractivity contribution in [2.24, 2.45) is 5.92 Å². The zero-order chi connectivity index (χ0) is 10.4. The van der Waals surface area contributed by atoms with Crippen molar-refractivity contribution >= 4 is 6.03 Å². The summed E-state index contributed by atoms with van der Waals surface area (Å²) in [6.07, 6.45) is 0.975. The smallest absolute Gasteiger partial charge is 0.315 e. The average Bonchev–Trinajstić information content (AvgIpc) is 1.98. The molecule has 0 heterocycles. The van der Waals surface area contributed by atoms with Gasteiger partial charge in [0.1, 0.15) is 0 Å². The van der Waals surface area contributed by atoms with Crippen molar-refractivity contribution in [2.75, 3.05) is 0 Å². The molecule has 1 atom stereocenters. The van der Waals surface area contributed by atoms with Crippen LogP contribution in [0.2, 0.25) is 0 Å². The second-order valence-corrected chi connectivity index (χ2v) is 4.03. The topological polar surface area (TPSA) is 41.1 Å². The van der Waals surface area contributed by atoms with Crippen LogP contribution >= 0.6 is 0 Å². The van der Waals surface area contributed by atoms with Crippen LogP contribution in [0.4, 0.5) is 4.79 Å². The number of amides is 2. The Morgan fingerprint density at radius 1 is 1.15 bits per heavy atom. The minimum atomic E-state index is -0.0597. The maximum atomic E-state index is 11.3. The van der Waals surface area contributed by atoms with Crippen molar-refractivity contribution in [3.05, 3.63) is 0 Å². The van der Waals surface area contributed by atoms with E-state index in [-0.39, 0.29) is 18.1 Å². The van der Waals surface area contributed by atoms with Crippen LogP contribution in [0.5, 0.6) is 0 Å². The van der Waals surface area contributed by atoms with Crippen LogP contribution in [0.25, 0.3) is 0 Å².